The number of esters is 1. The second kappa shape index (κ2) is 10.6. The number of aromatic nitrogens is 2. The number of phenols is 2. The second-order valence-electron chi connectivity index (χ2n) is 6.77. The van der Waals surface area contributed by atoms with Crippen molar-refractivity contribution >= 4 is 24.2 Å². The van der Waals surface area contributed by atoms with Crippen molar-refractivity contribution in [3.8, 4) is 17.2 Å². The van der Waals surface area contributed by atoms with Crippen molar-refractivity contribution < 1.29 is 29.3 Å². The average molecular weight is 448 g/mol. The van der Waals surface area contributed by atoms with Crippen LogP contribution in [0.3, 0.4) is 0 Å². The van der Waals surface area contributed by atoms with E-state index in [9.17, 15) is 24.6 Å². The van der Waals surface area contributed by atoms with E-state index in [1.54, 1.807) is 6.92 Å². The minimum Gasteiger partial charge on any atom is -0.508 e. The van der Waals surface area contributed by atoms with Crippen molar-refractivity contribution in [2.75, 3.05) is 0 Å². The zero-order valence-electron chi connectivity index (χ0n) is 17.5. The Morgan fingerprint density at radius 1 is 1.12 bits per heavy atom. The molecule has 0 saturated heterocycles. The largest absolute Gasteiger partial charge is 0.508 e. The second-order valence-corrected chi connectivity index (χ2v) is 6.77. The van der Waals surface area contributed by atoms with Gasteiger partial charge in [-0.05, 0) is 37.3 Å². The van der Waals surface area contributed by atoms with Gasteiger partial charge in [-0.2, -0.15) is 0 Å². The third-order valence-electron chi connectivity index (χ3n) is 4.50. The molecule has 10 heteroatoms. The van der Waals surface area contributed by atoms with Gasteiger partial charge in [0.2, 0.25) is 0 Å². The summed E-state index contributed by atoms with van der Waals surface area (Å²) in [4.78, 5) is 44.0. The molecular weight excluding hydrogens is 428 g/mol. The predicted octanol–water partition coefficient (Wildman–Crippen LogP) is 2.06. The van der Waals surface area contributed by atoms with Crippen LogP contribution in [0.2, 0.25) is 0 Å². The maximum Gasteiger partial charge on any atom is 0.336 e. The molecule has 0 atom stereocenters. The maximum absolute atomic E-state index is 12.4. The maximum atomic E-state index is 12.4. The molecule has 0 aliphatic carbocycles. The Bertz CT molecular complexity index is 1210. The van der Waals surface area contributed by atoms with Crippen LogP contribution in [0.1, 0.15) is 37.5 Å². The number of ether oxygens (including phenoxy) is 1. The first-order chi connectivity index (χ1) is 15.9. The van der Waals surface area contributed by atoms with Crippen LogP contribution in [0, 0.1) is 6.92 Å². The normalized spacial score (nSPS) is 10.7. The van der Waals surface area contributed by atoms with Crippen LogP contribution < -0.4 is 15.6 Å². The van der Waals surface area contributed by atoms with Crippen molar-refractivity contribution in [1.29, 1.82) is 0 Å². The van der Waals surface area contributed by atoms with Gasteiger partial charge in [0.1, 0.15) is 11.5 Å². The number of aldehydes is 1. The summed E-state index contributed by atoms with van der Waals surface area (Å²) in [6.45, 7) is 1.57. The minimum absolute atomic E-state index is 0.0284. The molecule has 2 aromatic heterocycles. The molecule has 33 heavy (non-hydrogen) atoms. The quantitative estimate of drug-likeness (QED) is 0.176. The summed E-state index contributed by atoms with van der Waals surface area (Å²) in [5.41, 5.74) is 6.74. The number of aromatic hydroxyl groups is 2. The molecule has 10 nitrogen and oxygen atoms in total. The van der Waals surface area contributed by atoms with Gasteiger partial charge in [0.05, 0.1) is 5.69 Å². The van der Waals surface area contributed by atoms with Crippen molar-refractivity contribution in [3.63, 3.8) is 0 Å². The Hall–Kier alpha value is -4.57. The topological polar surface area (TPSA) is 151 Å². The predicted molar refractivity (Wildman–Crippen MR) is 117 cm³/mol. The highest BCUT2D eigenvalue weighted by atomic mass is 16.5. The first-order valence-electron chi connectivity index (χ1n) is 9.67. The number of nitrogens with one attached hydrogen (secondary N) is 2. The molecule has 0 unspecified atom stereocenters. The number of nitrogens with zero attached hydrogens (tertiary/aromatic N) is 2. The lowest BCUT2D eigenvalue weighted by Gasteiger charge is -2.14. The minimum atomic E-state index is -0.780. The van der Waals surface area contributed by atoms with Gasteiger partial charge in [0.15, 0.2) is 12.0 Å². The highest BCUT2D eigenvalue weighted by Crippen LogP contribution is 2.26. The lowest BCUT2D eigenvalue weighted by molar-refractivity contribution is -0.129. The number of aryl methyl sites for hydroxylation is 1. The van der Waals surface area contributed by atoms with Gasteiger partial charge in [-0.25, -0.2) is 10.2 Å². The first-order valence-corrected chi connectivity index (χ1v) is 9.67. The lowest BCUT2D eigenvalue weighted by atomic mass is 10.1. The van der Waals surface area contributed by atoms with E-state index in [1.807, 2.05) is 0 Å². The van der Waals surface area contributed by atoms with Crippen LogP contribution >= 0.6 is 0 Å². The highest BCUT2D eigenvalue weighted by molar-refractivity contribution is 5.93. The van der Waals surface area contributed by atoms with Gasteiger partial charge in [-0.3, -0.25) is 25.0 Å². The SMILES string of the molecule is Cc1ncc(C=O)c(CNNC(=O)c2ccncc2)c1OC(=O)C=Cc1ccc(O)cc1O. The molecule has 1 amide bonds. The van der Waals surface area contributed by atoms with Crippen LogP contribution in [-0.4, -0.2) is 38.3 Å². The van der Waals surface area contributed by atoms with Crippen LogP contribution in [-0.2, 0) is 11.3 Å². The highest BCUT2D eigenvalue weighted by Gasteiger charge is 2.17. The van der Waals surface area contributed by atoms with Crippen molar-refractivity contribution in [2.45, 2.75) is 13.5 Å². The number of phenolic OH excluding ortho intramolecular Hbond substituents is 2. The third-order valence-corrected chi connectivity index (χ3v) is 4.50. The van der Waals surface area contributed by atoms with Crippen molar-refractivity contribution in [3.05, 3.63) is 82.9 Å². The number of hydrazine groups is 1. The summed E-state index contributed by atoms with van der Waals surface area (Å²) >= 11 is 0. The number of pyridine rings is 2. The van der Waals surface area contributed by atoms with Crippen molar-refractivity contribution in [2.24, 2.45) is 0 Å². The summed E-state index contributed by atoms with van der Waals surface area (Å²) in [5, 5.41) is 19.2. The molecule has 0 bridgehead atoms. The summed E-state index contributed by atoms with van der Waals surface area (Å²) < 4.78 is 5.41. The lowest BCUT2D eigenvalue weighted by Crippen LogP contribution is -2.37. The molecule has 3 aromatic rings. The molecule has 0 spiro atoms. The molecular formula is C23H20N4O6. The first kappa shape index (κ1) is 23.1. The van der Waals surface area contributed by atoms with Crippen LogP contribution in [0.15, 0.2) is 55.0 Å². The molecule has 2 heterocycles. The summed E-state index contributed by atoms with van der Waals surface area (Å²) in [5.74, 6) is -1.46. The van der Waals surface area contributed by atoms with Crippen LogP contribution in [0.25, 0.3) is 6.08 Å². The number of rotatable bonds is 8. The van der Waals surface area contributed by atoms with E-state index in [4.69, 9.17) is 4.74 Å². The zero-order chi connectivity index (χ0) is 23.8. The van der Waals surface area contributed by atoms with E-state index < -0.39 is 11.9 Å². The zero-order valence-corrected chi connectivity index (χ0v) is 17.5. The van der Waals surface area contributed by atoms with Gasteiger partial charge in [0, 0.05) is 59.5 Å². The van der Waals surface area contributed by atoms with E-state index in [0.717, 1.165) is 12.1 Å². The fourth-order valence-electron chi connectivity index (χ4n) is 2.83. The molecule has 3 rings (SSSR count). The number of hydrogen-bond donors (Lipinski definition) is 4. The van der Waals surface area contributed by atoms with Gasteiger partial charge in [0.25, 0.3) is 5.91 Å². The Labute approximate surface area is 188 Å². The fourth-order valence-corrected chi connectivity index (χ4v) is 2.83. The van der Waals surface area contributed by atoms with Gasteiger partial charge in [-0.15, -0.1) is 0 Å². The summed E-state index contributed by atoms with van der Waals surface area (Å²) in [7, 11) is 0. The molecule has 168 valence electrons. The summed E-state index contributed by atoms with van der Waals surface area (Å²) in [6.07, 6.45) is 7.27. The van der Waals surface area contributed by atoms with Gasteiger partial charge >= 0.3 is 5.97 Å². The molecule has 0 aliphatic rings. The van der Waals surface area contributed by atoms with Crippen molar-refractivity contribution in [1.82, 2.24) is 20.8 Å². The molecule has 0 saturated carbocycles. The number of carbonyl (C=O) groups excluding carboxylic acids is 3. The third kappa shape index (κ3) is 5.99. The van der Waals surface area contributed by atoms with E-state index in [0.29, 0.717) is 28.7 Å². The molecule has 0 aliphatic heterocycles. The van der Waals surface area contributed by atoms with E-state index in [1.165, 1.54) is 48.9 Å². The number of benzene rings is 1. The Kier molecular flexibility index (Phi) is 7.45. The number of carbonyl (C=O) groups is 3. The molecule has 4 N–H and O–H groups in total. The Morgan fingerprint density at radius 3 is 2.58 bits per heavy atom. The van der Waals surface area contributed by atoms with E-state index >= 15 is 0 Å². The Balaban J connectivity index is 1.74. The Morgan fingerprint density at radius 2 is 1.88 bits per heavy atom. The smallest absolute Gasteiger partial charge is 0.336 e. The average Bonchev–Trinajstić information content (AvgIpc) is 2.81. The number of amides is 1. The summed E-state index contributed by atoms with van der Waals surface area (Å²) in [6, 6.07) is 6.99. The molecule has 0 fully saturated rings. The molecule has 1 aromatic carbocycles. The van der Waals surface area contributed by atoms with E-state index in [-0.39, 0.29) is 29.4 Å². The molecule has 0 radical (unpaired) electrons. The fraction of sp³-hybridized carbons (Fsp3) is 0.0870. The van der Waals surface area contributed by atoms with Gasteiger partial charge in [-0.1, -0.05) is 0 Å². The standard InChI is InChI=1S/C23H20N4O6/c1-14-22(33-21(31)5-3-15-2-4-18(29)10-20(15)30)19(17(13-28)11-25-14)12-26-27-23(32)16-6-8-24-9-7-16/h2-11,13,26,29-30H,12H2,1H3,(H,27,32). The number of hydrogen-bond acceptors (Lipinski definition) is 9. The monoisotopic (exact) mass is 448 g/mol. The van der Waals surface area contributed by atoms with Crippen LogP contribution in [0.4, 0.5) is 0 Å². The van der Waals surface area contributed by atoms with Gasteiger partial charge < -0.3 is 14.9 Å². The van der Waals surface area contributed by atoms with E-state index in [2.05, 4.69) is 20.8 Å². The van der Waals surface area contributed by atoms with Crippen LogP contribution in [0.5, 0.6) is 17.2 Å².